The molecule has 6 nitrogen and oxygen atoms in total. The van der Waals surface area contributed by atoms with E-state index in [0.29, 0.717) is 6.42 Å². The Morgan fingerprint density at radius 1 is 1.18 bits per heavy atom. The van der Waals surface area contributed by atoms with Gasteiger partial charge in [0.1, 0.15) is 12.2 Å². The summed E-state index contributed by atoms with van der Waals surface area (Å²) < 4.78 is 10.6. The summed E-state index contributed by atoms with van der Waals surface area (Å²) >= 11 is 0. The zero-order valence-electron chi connectivity index (χ0n) is 14.0. The van der Waals surface area contributed by atoms with Crippen LogP contribution in [0.5, 0.6) is 0 Å². The maximum atomic E-state index is 11.6. The predicted octanol–water partition coefficient (Wildman–Crippen LogP) is 2.06. The van der Waals surface area contributed by atoms with Gasteiger partial charge in [-0.15, -0.1) is 0 Å². The number of hydrogen-bond donors (Lipinski definition) is 1. The molecule has 0 radical (unpaired) electrons. The van der Waals surface area contributed by atoms with Crippen LogP contribution in [0.2, 0.25) is 0 Å². The van der Waals surface area contributed by atoms with Gasteiger partial charge in [-0.05, 0) is 53.0 Å². The van der Waals surface area contributed by atoms with Crippen molar-refractivity contribution in [2.75, 3.05) is 26.2 Å². The van der Waals surface area contributed by atoms with Crippen LogP contribution in [-0.2, 0) is 19.1 Å². The van der Waals surface area contributed by atoms with E-state index in [9.17, 15) is 9.59 Å². The first-order chi connectivity index (χ1) is 10.3. The van der Waals surface area contributed by atoms with Gasteiger partial charge < -0.3 is 19.5 Å². The molecule has 0 amide bonds. The third-order valence-electron chi connectivity index (χ3n) is 3.50. The van der Waals surface area contributed by atoms with Crippen LogP contribution in [0.3, 0.4) is 0 Å². The maximum Gasteiger partial charge on any atom is 0.329 e. The number of hydrogen-bond acceptors (Lipinski definition) is 5. The highest BCUT2D eigenvalue weighted by molar-refractivity contribution is 5.69. The zero-order chi connectivity index (χ0) is 16.6. The molecule has 22 heavy (non-hydrogen) atoms. The van der Waals surface area contributed by atoms with Crippen molar-refractivity contribution in [1.29, 1.82) is 0 Å². The average Bonchev–Trinajstić information content (AvgIpc) is 2.40. The van der Waals surface area contributed by atoms with Crippen molar-refractivity contribution < 1.29 is 24.2 Å². The highest BCUT2D eigenvalue weighted by Gasteiger charge is 2.20. The standard InChI is InChI=1S/C16H29NO5/c1-16(2,3)22-15(20)6-4-5-9-17-10-7-13(8-11-17)21-12-14(18)19/h13H,4-12H2,1-3H3,(H,18,19). The van der Waals surface area contributed by atoms with Crippen LogP contribution in [-0.4, -0.2) is 59.9 Å². The molecule has 1 N–H and O–H groups in total. The molecule has 0 aliphatic carbocycles. The van der Waals surface area contributed by atoms with E-state index in [1.54, 1.807) is 0 Å². The zero-order valence-corrected chi connectivity index (χ0v) is 14.0. The van der Waals surface area contributed by atoms with Crippen LogP contribution in [0.1, 0.15) is 52.9 Å². The normalized spacial score (nSPS) is 17.4. The van der Waals surface area contributed by atoms with Gasteiger partial charge in [0.25, 0.3) is 0 Å². The minimum atomic E-state index is -0.912. The number of carboxylic acid groups (broad SMARTS) is 1. The van der Waals surface area contributed by atoms with Crippen LogP contribution >= 0.6 is 0 Å². The number of likely N-dealkylation sites (tertiary alicyclic amines) is 1. The van der Waals surface area contributed by atoms with Crippen LogP contribution in [0, 0.1) is 0 Å². The van der Waals surface area contributed by atoms with Gasteiger partial charge in [-0.3, -0.25) is 4.79 Å². The van der Waals surface area contributed by atoms with Crippen LogP contribution in [0.25, 0.3) is 0 Å². The molecule has 0 saturated carbocycles. The largest absolute Gasteiger partial charge is 0.480 e. The molecule has 128 valence electrons. The summed E-state index contributed by atoms with van der Waals surface area (Å²) in [5.41, 5.74) is -0.408. The molecule has 0 atom stereocenters. The summed E-state index contributed by atoms with van der Waals surface area (Å²) in [7, 11) is 0. The Morgan fingerprint density at radius 3 is 2.36 bits per heavy atom. The van der Waals surface area contributed by atoms with E-state index in [2.05, 4.69) is 4.90 Å². The minimum Gasteiger partial charge on any atom is -0.480 e. The number of aliphatic carboxylic acids is 1. The lowest BCUT2D eigenvalue weighted by atomic mass is 10.1. The van der Waals surface area contributed by atoms with E-state index in [-0.39, 0.29) is 18.7 Å². The van der Waals surface area contributed by atoms with Crippen molar-refractivity contribution in [2.45, 2.75) is 64.6 Å². The van der Waals surface area contributed by atoms with Crippen molar-refractivity contribution >= 4 is 11.9 Å². The van der Waals surface area contributed by atoms with Crippen molar-refractivity contribution in [1.82, 2.24) is 4.90 Å². The van der Waals surface area contributed by atoms with Gasteiger partial charge in [0.2, 0.25) is 0 Å². The van der Waals surface area contributed by atoms with Crippen LogP contribution < -0.4 is 0 Å². The van der Waals surface area contributed by atoms with Gasteiger partial charge >= 0.3 is 11.9 Å². The number of unbranched alkanes of at least 4 members (excludes halogenated alkanes) is 1. The summed E-state index contributed by atoms with van der Waals surface area (Å²) in [5.74, 6) is -1.04. The fourth-order valence-corrected chi connectivity index (χ4v) is 2.49. The first kappa shape index (κ1) is 18.9. The van der Waals surface area contributed by atoms with Gasteiger partial charge in [-0.2, -0.15) is 0 Å². The second kappa shape index (κ2) is 9.10. The summed E-state index contributed by atoms with van der Waals surface area (Å²) in [5, 5.41) is 8.58. The smallest absolute Gasteiger partial charge is 0.329 e. The van der Waals surface area contributed by atoms with Gasteiger partial charge in [0.05, 0.1) is 6.10 Å². The fraction of sp³-hybridized carbons (Fsp3) is 0.875. The summed E-state index contributed by atoms with van der Waals surface area (Å²) in [4.78, 5) is 24.4. The van der Waals surface area contributed by atoms with Crippen molar-refractivity contribution in [3.8, 4) is 0 Å². The Bertz CT molecular complexity index is 356. The van der Waals surface area contributed by atoms with Crippen molar-refractivity contribution in [2.24, 2.45) is 0 Å². The van der Waals surface area contributed by atoms with E-state index in [4.69, 9.17) is 14.6 Å². The Kier molecular flexibility index (Phi) is 7.82. The molecular weight excluding hydrogens is 286 g/mol. The third kappa shape index (κ3) is 9.00. The van der Waals surface area contributed by atoms with Gasteiger partial charge in [0, 0.05) is 19.5 Å². The minimum absolute atomic E-state index is 0.0640. The third-order valence-corrected chi connectivity index (χ3v) is 3.50. The second-order valence-electron chi connectivity index (χ2n) is 6.79. The number of esters is 1. The van der Waals surface area contributed by atoms with Crippen molar-refractivity contribution in [3.63, 3.8) is 0 Å². The molecule has 1 rings (SSSR count). The topological polar surface area (TPSA) is 76.1 Å². The highest BCUT2D eigenvalue weighted by Crippen LogP contribution is 2.15. The number of piperidine rings is 1. The Hall–Kier alpha value is -1.14. The first-order valence-electron chi connectivity index (χ1n) is 8.04. The van der Waals surface area contributed by atoms with Gasteiger partial charge in [0.15, 0.2) is 0 Å². The molecule has 6 heteroatoms. The molecular formula is C16H29NO5. The number of nitrogens with zero attached hydrogens (tertiary/aromatic N) is 1. The molecule has 0 aromatic rings. The number of ether oxygens (including phenoxy) is 2. The van der Waals surface area contributed by atoms with Crippen LogP contribution in [0.4, 0.5) is 0 Å². The molecule has 0 aromatic heterocycles. The maximum absolute atomic E-state index is 11.6. The molecule has 1 heterocycles. The number of carbonyl (C=O) groups excluding carboxylic acids is 1. The van der Waals surface area contributed by atoms with E-state index < -0.39 is 11.6 Å². The molecule has 1 fully saturated rings. The summed E-state index contributed by atoms with van der Waals surface area (Å²) in [6.07, 6.45) is 4.09. The van der Waals surface area contributed by atoms with Crippen molar-refractivity contribution in [3.05, 3.63) is 0 Å². The highest BCUT2D eigenvalue weighted by atomic mass is 16.6. The molecule has 0 spiro atoms. The van der Waals surface area contributed by atoms with E-state index >= 15 is 0 Å². The number of rotatable bonds is 8. The lowest BCUT2D eigenvalue weighted by Gasteiger charge is -2.31. The second-order valence-corrected chi connectivity index (χ2v) is 6.79. The summed E-state index contributed by atoms with van der Waals surface area (Å²) in [6, 6.07) is 0. The molecule has 1 aliphatic rings. The lowest BCUT2D eigenvalue weighted by Crippen LogP contribution is -2.38. The van der Waals surface area contributed by atoms with Gasteiger partial charge in [-0.1, -0.05) is 0 Å². The molecule has 0 aromatic carbocycles. The molecule has 1 aliphatic heterocycles. The molecule has 1 saturated heterocycles. The predicted molar refractivity (Wildman–Crippen MR) is 82.7 cm³/mol. The van der Waals surface area contributed by atoms with E-state index in [1.165, 1.54) is 0 Å². The first-order valence-corrected chi connectivity index (χ1v) is 8.04. The summed E-state index contributed by atoms with van der Waals surface area (Å²) in [6.45, 7) is 8.24. The Labute approximate surface area is 132 Å². The lowest BCUT2D eigenvalue weighted by molar-refractivity contribution is -0.155. The van der Waals surface area contributed by atoms with E-state index in [1.807, 2.05) is 20.8 Å². The SMILES string of the molecule is CC(C)(C)OC(=O)CCCCN1CCC(OCC(=O)O)CC1. The number of carbonyl (C=O) groups is 2. The van der Waals surface area contributed by atoms with E-state index in [0.717, 1.165) is 45.3 Å². The monoisotopic (exact) mass is 315 g/mol. The number of carboxylic acids is 1. The van der Waals surface area contributed by atoms with Crippen LogP contribution in [0.15, 0.2) is 0 Å². The molecule has 0 bridgehead atoms. The fourth-order valence-electron chi connectivity index (χ4n) is 2.49. The Balaban J connectivity index is 2.05. The average molecular weight is 315 g/mol. The quantitative estimate of drug-likeness (QED) is 0.546. The molecule has 0 unspecified atom stereocenters. The van der Waals surface area contributed by atoms with Gasteiger partial charge in [-0.25, -0.2) is 4.79 Å². The Morgan fingerprint density at radius 2 is 1.82 bits per heavy atom.